The van der Waals surface area contributed by atoms with Crippen LogP contribution in [0.3, 0.4) is 0 Å². The Morgan fingerprint density at radius 3 is 2.62 bits per heavy atom. The molecule has 0 spiro atoms. The number of phenolic OH excluding ortho intramolecular Hbond substituents is 1. The Labute approximate surface area is 128 Å². The average Bonchev–Trinajstić information content (AvgIpc) is 2.77. The molecule has 3 nitrogen and oxygen atoms in total. The van der Waals surface area contributed by atoms with Crippen LogP contribution in [0.15, 0.2) is 18.2 Å². The maximum atomic E-state index is 10.2. The minimum Gasteiger partial charge on any atom is -0.504 e. The summed E-state index contributed by atoms with van der Waals surface area (Å²) >= 11 is 0. The molecule has 1 saturated carbocycles. The van der Waals surface area contributed by atoms with Gasteiger partial charge in [0.15, 0.2) is 11.5 Å². The fourth-order valence-electron chi connectivity index (χ4n) is 3.23. The topological polar surface area (TPSA) is 41.5 Å². The van der Waals surface area contributed by atoms with E-state index in [0.29, 0.717) is 24.9 Å². The zero-order valence-corrected chi connectivity index (χ0v) is 13.4. The highest BCUT2D eigenvalue weighted by atomic mass is 16.5. The lowest BCUT2D eigenvalue weighted by Gasteiger charge is -2.24. The van der Waals surface area contributed by atoms with Gasteiger partial charge in [-0.2, -0.15) is 0 Å². The molecule has 2 N–H and O–H groups in total. The second-order valence-electron chi connectivity index (χ2n) is 6.12. The molecule has 1 aliphatic rings. The molecule has 0 heterocycles. The number of ether oxygens (including phenoxy) is 1. The molecular weight excluding hydrogens is 262 g/mol. The van der Waals surface area contributed by atoms with Crippen molar-refractivity contribution < 1.29 is 9.84 Å². The van der Waals surface area contributed by atoms with E-state index in [1.807, 2.05) is 25.1 Å². The molecule has 1 aliphatic carbocycles. The number of aromatic hydroxyl groups is 1. The molecule has 21 heavy (non-hydrogen) atoms. The van der Waals surface area contributed by atoms with Crippen LogP contribution in [0.2, 0.25) is 0 Å². The van der Waals surface area contributed by atoms with Crippen LogP contribution in [0.1, 0.15) is 57.9 Å². The number of para-hydroxylation sites is 1. The molecule has 1 fully saturated rings. The SMILES string of the molecule is CCOc1cccc(CN[C@H](C)C2CCCCCC2)c1O. The van der Waals surface area contributed by atoms with Gasteiger partial charge in [0, 0.05) is 18.2 Å². The van der Waals surface area contributed by atoms with Gasteiger partial charge in [-0.1, -0.05) is 37.8 Å². The predicted molar refractivity (Wildman–Crippen MR) is 86.8 cm³/mol. The molecule has 2 rings (SSSR count). The lowest BCUT2D eigenvalue weighted by molar-refractivity contribution is 0.312. The number of phenols is 1. The van der Waals surface area contributed by atoms with Gasteiger partial charge < -0.3 is 15.2 Å². The fraction of sp³-hybridized carbons (Fsp3) is 0.667. The second kappa shape index (κ2) is 8.28. The van der Waals surface area contributed by atoms with E-state index >= 15 is 0 Å². The summed E-state index contributed by atoms with van der Waals surface area (Å²) in [5.74, 6) is 1.63. The smallest absolute Gasteiger partial charge is 0.162 e. The summed E-state index contributed by atoms with van der Waals surface area (Å²) in [6.45, 7) is 5.48. The van der Waals surface area contributed by atoms with E-state index in [-0.39, 0.29) is 5.75 Å². The van der Waals surface area contributed by atoms with Gasteiger partial charge >= 0.3 is 0 Å². The van der Waals surface area contributed by atoms with Gasteiger partial charge in [0.05, 0.1) is 6.61 Å². The molecule has 0 aromatic heterocycles. The van der Waals surface area contributed by atoms with Crippen LogP contribution in [0.25, 0.3) is 0 Å². The summed E-state index contributed by atoms with van der Waals surface area (Å²) in [7, 11) is 0. The van der Waals surface area contributed by atoms with Crippen LogP contribution in [-0.4, -0.2) is 17.8 Å². The Kier molecular flexibility index (Phi) is 6.37. The molecule has 118 valence electrons. The molecular formula is C18H29NO2. The lowest BCUT2D eigenvalue weighted by Crippen LogP contribution is -2.32. The van der Waals surface area contributed by atoms with Crippen molar-refractivity contribution in [3.8, 4) is 11.5 Å². The number of nitrogens with one attached hydrogen (secondary N) is 1. The maximum Gasteiger partial charge on any atom is 0.162 e. The van der Waals surface area contributed by atoms with Crippen molar-refractivity contribution in [2.24, 2.45) is 5.92 Å². The van der Waals surface area contributed by atoms with E-state index < -0.39 is 0 Å². The van der Waals surface area contributed by atoms with Crippen LogP contribution < -0.4 is 10.1 Å². The van der Waals surface area contributed by atoms with Crippen molar-refractivity contribution in [1.29, 1.82) is 0 Å². The Balaban J connectivity index is 1.91. The van der Waals surface area contributed by atoms with Gasteiger partial charge in [-0.25, -0.2) is 0 Å². The van der Waals surface area contributed by atoms with E-state index in [1.165, 1.54) is 38.5 Å². The summed E-state index contributed by atoms with van der Waals surface area (Å²) in [5, 5.41) is 13.8. The Morgan fingerprint density at radius 2 is 1.95 bits per heavy atom. The first-order chi connectivity index (χ1) is 10.2. The van der Waals surface area contributed by atoms with Crippen molar-refractivity contribution in [1.82, 2.24) is 5.32 Å². The normalized spacial score (nSPS) is 18.2. The van der Waals surface area contributed by atoms with Crippen LogP contribution >= 0.6 is 0 Å². The quantitative estimate of drug-likeness (QED) is 0.770. The molecule has 1 aromatic rings. The third kappa shape index (κ3) is 4.63. The highest BCUT2D eigenvalue weighted by Gasteiger charge is 2.19. The molecule has 3 heteroatoms. The van der Waals surface area contributed by atoms with Crippen molar-refractivity contribution >= 4 is 0 Å². The first-order valence-corrected chi connectivity index (χ1v) is 8.39. The Hall–Kier alpha value is -1.22. The fourth-order valence-corrected chi connectivity index (χ4v) is 3.23. The molecule has 0 aliphatic heterocycles. The molecule has 1 aromatic carbocycles. The standard InChI is InChI=1S/C18H29NO2/c1-3-21-17-12-8-11-16(18(17)20)13-19-14(2)15-9-6-4-5-7-10-15/h8,11-12,14-15,19-20H,3-7,9-10,13H2,1-2H3/t14-/m1/s1. The zero-order chi connectivity index (χ0) is 15.1. The third-order valence-electron chi connectivity index (χ3n) is 4.60. The van der Waals surface area contributed by atoms with E-state index in [4.69, 9.17) is 4.74 Å². The highest BCUT2D eigenvalue weighted by Crippen LogP contribution is 2.30. The molecule has 0 bridgehead atoms. The Morgan fingerprint density at radius 1 is 1.24 bits per heavy atom. The van der Waals surface area contributed by atoms with Crippen molar-refractivity contribution in [3.63, 3.8) is 0 Å². The van der Waals surface area contributed by atoms with E-state index in [1.54, 1.807) is 0 Å². The summed E-state index contributed by atoms with van der Waals surface area (Å²) in [6.07, 6.45) is 8.17. The monoisotopic (exact) mass is 291 g/mol. The van der Waals surface area contributed by atoms with E-state index in [9.17, 15) is 5.11 Å². The average molecular weight is 291 g/mol. The Bertz CT molecular complexity index is 425. The summed E-state index contributed by atoms with van der Waals surface area (Å²) < 4.78 is 5.44. The minimum absolute atomic E-state index is 0.278. The molecule has 0 amide bonds. The van der Waals surface area contributed by atoms with E-state index in [2.05, 4.69) is 12.2 Å². The first-order valence-electron chi connectivity index (χ1n) is 8.39. The molecule has 0 radical (unpaired) electrons. The van der Waals surface area contributed by atoms with Gasteiger partial charge in [-0.05, 0) is 38.7 Å². The largest absolute Gasteiger partial charge is 0.504 e. The number of hydrogen-bond acceptors (Lipinski definition) is 3. The van der Waals surface area contributed by atoms with Crippen LogP contribution in [0.4, 0.5) is 0 Å². The highest BCUT2D eigenvalue weighted by molar-refractivity contribution is 5.45. The molecule has 0 saturated heterocycles. The number of benzene rings is 1. The van der Waals surface area contributed by atoms with Gasteiger partial charge in [0.2, 0.25) is 0 Å². The van der Waals surface area contributed by atoms with Gasteiger partial charge in [-0.15, -0.1) is 0 Å². The summed E-state index contributed by atoms with van der Waals surface area (Å²) in [4.78, 5) is 0. The minimum atomic E-state index is 0.278. The predicted octanol–water partition coefficient (Wildman–Crippen LogP) is 4.24. The summed E-state index contributed by atoms with van der Waals surface area (Å²) in [5.41, 5.74) is 0.918. The van der Waals surface area contributed by atoms with Crippen LogP contribution in [0.5, 0.6) is 11.5 Å². The summed E-state index contributed by atoms with van der Waals surface area (Å²) in [6, 6.07) is 6.22. The third-order valence-corrected chi connectivity index (χ3v) is 4.60. The van der Waals surface area contributed by atoms with E-state index in [0.717, 1.165) is 11.5 Å². The van der Waals surface area contributed by atoms with Gasteiger partial charge in [-0.3, -0.25) is 0 Å². The number of rotatable bonds is 6. The zero-order valence-electron chi connectivity index (χ0n) is 13.4. The molecule has 0 unspecified atom stereocenters. The maximum absolute atomic E-state index is 10.2. The molecule has 1 atom stereocenters. The van der Waals surface area contributed by atoms with Gasteiger partial charge in [0.25, 0.3) is 0 Å². The van der Waals surface area contributed by atoms with Gasteiger partial charge in [0.1, 0.15) is 0 Å². The van der Waals surface area contributed by atoms with Crippen molar-refractivity contribution in [3.05, 3.63) is 23.8 Å². The van der Waals surface area contributed by atoms with Crippen LogP contribution in [0, 0.1) is 5.92 Å². The van der Waals surface area contributed by atoms with Crippen molar-refractivity contribution in [2.75, 3.05) is 6.61 Å². The second-order valence-corrected chi connectivity index (χ2v) is 6.12. The first kappa shape index (κ1) is 16.2. The van der Waals surface area contributed by atoms with Crippen LogP contribution in [-0.2, 0) is 6.54 Å². The number of hydrogen-bond donors (Lipinski definition) is 2. The van der Waals surface area contributed by atoms with Crippen molar-refractivity contribution in [2.45, 2.75) is 65.0 Å². The lowest BCUT2D eigenvalue weighted by atomic mass is 9.93.